The van der Waals surface area contributed by atoms with Crippen LogP contribution in [0.3, 0.4) is 0 Å². The first kappa shape index (κ1) is 17.1. The quantitative estimate of drug-likeness (QED) is 0.923. The maximum Gasteiger partial charge on any atom is 0.216 e. The highest BCUT2D eigenvalue weighted by Crippen LogP contribution is 2.35. The van der Waals surface area contributed by atoms with Crippen molar-refractivity contribution in [1.82, 2.24) is 15.1 Å². The molecule has 4 nitrogen and oxygen atoms in total. The number of halogens is 2. The second-order valence-corrected chi connectivity index (χ2v) is 5.88. The molecule has 22 heavy (non-hydrogen) atoms. The van der Waals surface area contributed by atoms with E-state index in [0.29, 0.717) is 6.04 Å². The van der Waals surface area contributed by atoms with Crippen LogP contribution >= 0.6 is 24.0 Å². The standard InChI is InChI=1S/C16H20ClN3O.ClH/c1-10-13(16(21-3)20(2)19-10)9-18-15-8-7-11-12(15)5-4-6-14(11)17;/h4-6,15,18H,7-9H2,1-3H3;1H. The monoisotopic (exact) mass is 341 g/mol. The van der Waals surface area contributed by atoms with Crippen molar-refractivity contribution in [3.8, 4) is 5.88 Å². The van der Waals surface area contributed by atoms with E-state index in [1.54, 1.807) is 11.8 Å². The van der Waals surface area contributed by atoms with Gasteiger partial charge in [0, 0.05) is 24.7 Å². The van der Waals surface area contributed by atoms with Crippen LogP contribution in [0.5, 0.6) is 5.88 Å². The summed E-state index contributed by atoms with van der Waals surface area (Å²) in [5.74, 6) is 0.823. The minimum atomic E-state index is 0. The van der Waals surface area contributed by atoms with E-state index in [1.807, 2.05) is 26.1 Å². The number of benzene rings is 1. The fourth-order valence-corrected chi connectivity index (χ4v) is 3.46. The lowest BCUT2D eigenvalue weighted by Crippen LogP contribution is -2.19. The second kappa shape index (κ2) is 6.90. The average molecular weight is 342 g/mol. The summed E-state index contributed by atoms with van der Waals surface area (Å²) < 4.78 is 7.22. The maximum atomic E-state index is 6.27. The lowest BCUT2D eigenvalue weighted by molar-refractivity contribution is 0.366. The zero-order chi connectivity index (χ0) is 15.0. The van der Waals surface area contributed by atoms with Crippen molar-refractivity contribution in [2.24, 2.45) is 7.05 Å². The molecule has 0 fully saturated rings. The van der Waals surface area contributed by atoms with Crippen LogP contribution in [-0.4, -0.2) is 16.9 Å². The molecule has 3 rings (SSSR count). The molecule has 1 heterocycles. The van der Waals surface area contributed by atoms with E-state index in [4.69, 9.17) is 16.3 Å². The van der Waals surface area contributed by atoms with Crippen LogP contribution in [0.15, 0.2) is 18.2 Å². The number of hydrogen-bond acceptors (Lipinski definition) is 3. The first-order valence-electron chi connectivity index (χ1n) is 7.19. The van der Waals surface area contributed by atoms with Crippen molar-refractivity contribution < 1.29 is 4.74 Å². The summed E-state index contributed by atoms with van der Waals surface area (Å²) in [5.41, 5.74) is 4.73. The van der Waals surface area contributed by atoms with Crippen molar-refractivity contribution in [3.63, 3.8) is 0 Å². The van der Waals surface area contributed by atoms with Gasteiger partial charge in [-0.2, -0.15) is 5.10 Å². The van der Waals surface area contributed by atoms with E-state index in [2.05, 4.69) is 16.5 Å². The third-order valence-electron chi connectivity index (χ3n) is 4.22. The Morgan fingerprint density at radius 3 is 2.95 bits per heavy atom. The van der Waals surface area contributed by atoms with Gasteiger partial charge in [0.2, 0.25) is 5.88 Å². The second-order valence-electron chi connectivity index (χ2n) is 5.48. The van der Waals surface area contributed by atoms with Gasteiger partial charge in [-0.3, -0.25) is 0 Å². The van der Waals surface area contributed by atoms with Crippen molar-refractivity contribution in [3.05, 3.63) is 45.6 Å². The number of ether oxygens (including phenoxy) is 1. The number of fused-ring (bicyclic) bond motifs is 1. The van der Waals surface area contributed by atoms with Crippen molar-refractivity contribution in [2.45, 2.75) is 32.4 Å². The number of hydrogen-bond donors (Lipinski definition) is 1. The van der Waals surface area contributed by atoms with E-state index in [-0.39, 0.29) is 12.4 Å². The summed E-state index contributed by atoms with van der Waals surface area (Å²) in [6, 6.07) is 6.51. The van der Waals surface area contributed by atoms with Gasteiger partial charge >= 0.3 is 0 Å². The van der Waals surface area contributed by atoms with Gasteiger partial charge in [0.15, 0.2) is 0 Å². The highest BCUT2D eigenvalue weighted by molar-refractivity contribution is 6.31. The minimum Gasteiger partial charge on any atom is -0.481 e. The van der Waals surface area contributed by atoms with Gasteiger partial charge in [0.05, 0.1) is 18.4 Å². The van der Waals surface area contributed by atoms with Crippen molar-refractivity contribution in [1.29, 1.82) is 0 Å². The zero-order valence-electron chi connectivity index (χ0n) is 13.0. The summed E-state index contributed by atoms with van der Waals surface area (Å²) in [4.78, 5) is 0. The first-order chi connectivity index (χ1) is 10.1. The summed E-state index contributed by atoms with van der Waals surface area (Å²) >= 11 is 6.27. The molecule has 0 amide bonds. The van der Waals surface area contributed by atoms with Crippen LogP contribution in [0.4, 0.5) is 0 Å². The molecule has 1 aliphatic rings. The molecule has 1 aromatic carbocycles. The van der Waals surface area contributed by atoms with Crippen LogP contribution in [0, 0.1) is 6.92 Å². The van der Waals surface area contributed by atoms with Gasteiger partial charge in [-0.25, -0.2) is 4.68 Å². The van der Waals surface area contributed by atoms with Gasteiger partial charge in [-0.05, 0) is 37.0 Å². The molecule has 0 spiro atoms. The van der Waals surface area contributed by atoms with Crippen molar-refractivity contribution in [2.75, 3.05) is 7.11 Å². The number of nitrogens with zero attached hydrogens (tertiary/aromatic N) is 2. The summed E-state index contributed by atoms with van der Waals surface area (Å²) in [6.07, 6.45) is 2.12. The molecule has 0 saturated heterocycles. The van der Waals surface area contributed by atoms with Crippen LogP contribution < -0.4 is 10.1 Å². The normalized spacial score (nSPS) is 16.3. The van der Waals surface area contributed by atoms with Crippen LogP contribution in [0.2, 0.25) is 5.02 Å². The van der Waals surface area contributed by atoms with E-state index in [0.717, 1.165) is 41.5 Å². The number of rotatable bonds is 4. The van der Waals surface area contributed by atoms with E-state index in [9.17, 15) is 0 Å². The molecule has 1 atom stereocenters. The first-order valence-corrected chi connectivity index (χ1v) is 7.56. The lowest BCUT2D eigenvalue weighted by Gasteiger charge is -2.14. The predicted octanol–water partition coefficient (Wildman–Crippen LogP) is 3.59. The van der Waals surface area contributed by atoms with Gasteiger partial charge in [0.1, 0.15) is 0 Å². The molecule has 0 saturated carbocycles. The summed E-state index contributed by atoms with van der Waals surface area (Å²) in [7, 11) is 3.59. The van der Waals surface area contributed by atoms with Crippen LogP contribution in [-0.2, 0) is 20.0 Å². The van der Waals surface area contributed by atoms with E-state index in [1.165, 1.54) is 11.1 Å². The minimum absolute atomic E-state index is 0. The molecule has 6 heteroatoms. The van der Waals surface area contributed by atoms with E-state index >= 15 is 0 Å². The summed E-state index contributed by atoms with van der Waals surface area (Å²) in [6.45, 7) is 2.76. The van der Waals surface area contributed by atoms with Gasteiger partial charge in [-0.15, -0.1) is 12.4 Å². The van der Waals surface area contributed by atoms with Gasteiger partial charge < -0.3 is 10.1 Å². The number of methoxy groups -OCH3 is 1. The van der Waals surface area contributed by atoms with Gasteiger partial charge in [-0.1, -0.05) is 23.7 Å². The smallest absolute Gasteiger partial charge is 0.216 e. The van der Waals surface area contributed by atoms with Crippen molar-refractivity contribution >= 4 is 24.0 Å². The molecular weight excluding hydrogens is 321 g/mol. The highest BCUT2D eigenvalue weighted by Gasteiger charge is 2.24. The Hall–Kier alpha value is -1.23. The fourth-order valence-electron chi connectivity index (χ4n) is 3.19. The largest absolute Gasteiger partial charge is 0.481 e. The molecule has 0 bridgehead atoms. The van der Waals surface area contributed by atoms with Gasteiger partial charge in [0.25, 0.3) is 0 Å². The molecule has 1 unspecified atom stereocenters. The van der Waals surface area contributed by atoms with Crippen LogP contribution in [0.1, 0.15) is 34.8 Å². The third-order valence-corrected chi connectivity index (χ3v) is 4.58. The predicted molar refractivity (Wildman–Crippen MR) is 91.1 cm³/mol. The maximum absolute atomic E-state index is 6.27. The highest BCUT2D eigenvalue weighted by atomic mass is 35.5. The number of aromatic nitrogens is 2. The molecule has 1 aliphatic carbocycles. The molecule has 0 aliphatic heterocycles. The Kier molecular flexibility index (Phi) is 5.37. The molecular formula is C16H21Cl2N3O. The number of nitrogens with one attached hydrogen (secondary N) is 1. The lowest BCUT2D eigenvalue weighted by atomic mass is 10.1. The average Bonchev–Trinajstić information content (AvgIpc) is 2.98. The molecule has 2 aromatic rings. The third kappa shape index (κ3) is 2.96. The Balaban J connectivity index is 0.00000176. The Labute approximate surface area is 142 Å². The SMILES string of the molecule is COc1c(CNC2CCc3c(Cl)cccc32)c(C)nn1C.Cl. The molecule has 1 N–H and O–H groups in total. The zero-order valence-corrected chi connectivity index (χ0v) is 14.6. The Morgan fingerprint density at radius 1 is 1.45 bits per heavy atom. The molecule has 1 aromatic heterocycles. The Morgan fingerprint density at radius 2 is 2.23 bits per heavy atom. The molecule has 120 valence electrons. The number of aryl methyl sites for hydroxylation is 2. The van der Waals surface area contributed by atoms with Crippen LogP contribution in [0.25, 0.3) is 0 Å². The molecule has 0 radical (unpaired) electrons. The Bertz CT molecular complexity index is 670. The van der Waals surface area contributed by atoms with E-state index < -0.39 is 0 Å². The topological polar surface area (TPSA) is 39.1 Å². The summed E-state index contributed by atoms with van der Waals surface area (Å²) in [5, 5.41) is 8.92. The fraction of sp³-hybridized carbons (Fsp3) is 0.438.